The molecule has 120 valence electrons. The minimum absolute atomic E-state index is 0.0710. The molecule has 0 radical (unpaired) electrons. The highest BCUT2D eigenvalue weighted by atomic mass is 28.3. The molecule has 9 heteroatoms. The molecule has 23 heavy (non-hydrogen) atoms. The van der Waals surface area contributed by atoms with Crippen LogP contribution in [0.25, 0.3) is 20.9 Å². The van der Waals surface area contributed by atoms with Gasteiger partial charge in [0.25, 0.3) is 0 Å². The molecule has 0 aromatic heterocycles. The monoisotopic (exact) mass is 330 g/mol. The fraction of sp³-hybridized carbons (Fsp3) is 0.429. The number of amides is 2. The van der Waals surface area contributed by atoms with Crippen molar-refractivity contribution in [2.45, 2.75) is 37.9 Å². The summed E-state index contributed by atoms with van der Waals surface area (Å²) in [5, 5.41) is 7.34. The molecule has 1 aromatic rings. The summed E-state index contributed by atoms with van der Waals surface area (Å²) in [5.74, 6) is -1.09. The summed E-state index contributed by atoms with van der Waals surface area (Å²) in [6.07, 6.45) is 0.571. The van der Waals surface area contributed by atoms with Gasteiger partial charge in [0, 0.05) is 22.7 Å². The second-order valence-electron chi connectivity index (χ2n) is 5.69. The molecule has 2 amide bonds. The van der Waals surface area contributed by atoms with Gasteiger partial charge in [0.2, 0.25) is 11.8 Å². The first-order valence-electron chi connectivity index (χ1n) is 7.13. The molecule has 0 N–H and O–H groups in total. The van der Waals surface area contributed by atoms with E-state index in [0.717, 1.165) is 5.19 Å². The van der Waals surface area contributed by atoms with Gasteiger partial charge in [-0.3, -0.25) is 9.59 Å². The Hall–Kier alpha value is -2.60. The molecule has 0 aliphatic carbocycles. The van der Waals surface area contributed by atoms with Gasteiger partial charge in [0.05, 0.1) is 8.07 Å². The zero-order chi connectivity index (χ0) is 17.3. The third kappa shape index (κ3) is 5.59. The van der Waals surface area contributed by atoms with E-state index in [4.69, 9.17) is 11.1 Å². The normalized spacial score (nSPS) is 11.7. The van der Waals surface area contributed by atoms with Crippen molar-refractivity contribution in [1.29, 1.82) is 0 Å². The molecule has 1 unspecified atom stereocenters. The van der Waals surface area contributed by atoms with Gasteiger partial charge in [-0.15, -0.1) is 0 Å². The highest BCUT2D eigenvalue weighted by molar-refractivity contribution is 6.91. The first-order valence-corrected chi connectivity index (χ1v) is 10.2. The van der Waals surface area contributed by atoms with Crippen LogP contribution in [0.1, 0.15) is 19.3 Å². The zero-order valence-corrected chi connectivity index (χ0v) is 14.1. The summed E-state index contributed by atoms with van der Waals surface area (Å²) < 4.78 is 0. The minimum atomic E-state index is -2.08. The Morgan fingerprint density at radius 3 is 2.22 bits per heavy atom. The minimum Gasteiger partial charge on any atom is -0.293 e. The van der Waals surface area contributed by atoms with E-state index in [9.17, 15) is 9.59 Å². The first-order chi connectivity index (χ1) is 10.9. The number of rotatable bonds is 7. The number of hydrogen-bond donors (Lipinski definition) is 0. The van der Waals surface area contributed by atoms with Gasteiger partial charge in [-0.05, 0) is 33.3 Å². The number of azide groups is 2. The molecule has 0 aliphatic heterocycles. The predicted octanol–water partition coefficient (Wildman–Crippen LogP) is 3.82. The standard InChI is InChI=1S/C14H18N6O2Si/c1-23(2,11-6-4-3-5-7-11)12(10-14(22)18-20-16)8-9-13(21)17-19-15/h3-7,12H,8-10H2,1-2H3. The lowest BCUT2D eigenvalue weighted by molar-refractivity contribution is -0.119. The van der Waals surface area contributed by atoms with Crippen molar-refractivity contribution in [3.05, 3.63) is 51.2 Å². The molecule has 8 nitrogen and oxygen atoms in total. The molecule has 0 spiro atoms. The predicted molar refractivity (Wildman–Crippen MR) is 89.5 cm³/mol. The maximum Gasteiger partial charge on any atom is 0.218 e. The summed E-state index contributed by atoms with van der Waals surface area (Å²) in [4.78, 5) is 28.2. The average Bonchev–Trinajstić information content (AvgIpc) is 2.52. The fourth-order valence-corrected chi connectivity index (χ4v) is 5.59. The number of nitrogens with zero attached hydrogens (tertiary/aromatic N) is 6. The van der Waals surface area contributed by atoms with E-state index in [0.29, 0.717) is 6.42 Å². The van der Waals surface area contributed by atoms with E-state index in [2.05, 4.69) is 33.1 Å². The lowest BCUT2D eigenvalue weighted by Crippen LogP contribution is -2.46. The Kier molecular flexibility index (Phi) is 7.01. The van der Waals surface area contributed by atoms with Crippen molar-refractivity contribution in [3.63, 3.8) is 0 Å². The highest BCUT2D eigenvalue weighted by Crippen LogP contribution is 2.31. The van der Waals surface area contributed by atoms with Gasteiger partial charge in [-0.2, -0.15) is 0 Å². The molecule has 1 rings (SSSR count). The molecule has 0 saturated carbocycles. The van der Waals surface area contributed by atoms with Crippen molar-refractivity contribution in [2.75, 3.05) is 0 Å². The second kappa shape index (κ2) is 8.75. The van der Waals surface area contributed by atoms with Crippen LogP contribution in [0, 0.1) is 0 Å². The molecule has 0 heterocycles. The number of hydrogen-bond acceptors (Lipinski definition) is 2. The number of carbonyl (C=O) groups excluding carboxylic acids is 2. The van der Waals surface area contributed by atoms with Crippen LogP contribution in [-0.4, -0.2) is 19.9 Å². The summed E-state index contributed by atoms with van der Waals surface area (Å²) >= 11 is 0. The molecule has 0 fully saturated rings. The van der Waals surface area contributed by atoms with Crippen LogP contribution in [0.15, 0.2) is 40.6 Å². The molecule has 1 aromatic carbocycles. The second-order valence-corrected chi connectivity index (χ2v) is 10.5. The Balaban J connectivity index is 3.01. The van der Waals surface area contributed by atoms with Gasteiger partial charge >= 0.3 is 0 Å². The number of benzene rings is 1. The van der Waals surface area contributed by atoms with Crippen LogP contribution < -0.4 is 5.19 Å². The molecular weight excluding hydrogens is 312 g/mol. The molecule has 0 bridgehead atoms. The van der Waals surface area contributed by atoms with Gasteiger partial charge < -0.3 is 0 Å². The molecule has 1 atom stereocenters. The van der Waals surface area contributed by atoms with Crippen LogP contribution in [-0.2, 0) is 9.59 Å². The Morgan fingerprint density at radius 1 is 1.09 bits per heavy atom. The van der Waals surface area contributed by atoms with Crippen LogP contribution >= 0.6 is 0 Å². The smallest absolute Gasteiger partial charge is 0.218 e. The van der Waals surface area contributed by atoms with E-state index in [1.165, 1.54) is 0 Å². The van der Waals surface area contributed by atoms with E-state index >= 15 is 0 Å². The van der Waals surface area contributed by atoms with Crippen LogP contribution in [0.5, 0.6) is 0 Å². The largest absolute Gasteiger partial charge is 0.293 e. The molecule has 0 saturated heterocycles. The van der Waals surface area contributed by atoms with Gasteiger partial charge in [0.15, 0.2) is 0 Å². The lowest BCUT2D eigenvalue weighted by atomic mass is 10.1. The average molecular weight is 330 g/mol. The lowest BCUT2D eigenvalue weighted by Gasteiger charge is -2.32. The zero-order valence-electron chi connectivity index (χ0n) is 13.1. The van der Waals surface area contributed by atoms with Crippen molar-refractivity contribution in [1.82, 2.24) is 0 Å². The first kappa shape index (κ1) is 18.4. The summed E-state index contributed by atoms with van der Waals surface area (Å²) in [6.45, 7) is 4.21. The Morgan fingerprint density at radius 2 is 1.65 bits per heavy atom. The summed E-state index contributed by atoms with van der Waals surface area (Å²) in [5.41, 5.74) is 16.6. The van der Waals surface area contributed by atoms with E-state index in [1.807, 2.05) is 30.3 Å². The van der Waals surface area contributed by atoms with Crippen LogP contribution in [0.2, 0.25) is 18.6 Å². The third-order valence-corrected chi connectivity index (χ3v) is 8.33. The number of carbonyl (C=O) groups is 2. The Labute approximate surface area is 134 Å². The maximum atomic E-state index is 11.7. The van der Waals surface area contributed by atoms with Crippen LogP contribution in [0.4, 0.5) is 0 Å². The van der Waals surface area contributed by atoms with Crippen LogP contribution in [0.3, 0.4) is 0 Å². The van der Waals surface area contributed by atoms with Crippen molar-refractivity contribution in [3.8, 4) is 0 Å². The van der Waals surface area contributed by atoms with Gasteiger partial charge in [0.1, 0.15) is 0 Å². The van der Waals surface area contributed by atoms with E-state index < -0.39 is 19.9 Å². The van der Waals surface area contributed by atoms with Gasteiger partial charge in [-0.25, -0.2) is 0 Å². The topological polar surface area (TPSA) is 132 Å². The van der Waals surface area contributed by atoms with E-state index in [1.54, 1.807) is 0 Å². The van der Waals surface area contributed by atoms with Crippen molar-refractivity contribution < 1.29 is 9.59 Å². The SMILES string of the molecule is C[Si](C)(c1ccccc1)C(CCC(=O)N=[N+]=[N-])CC(=O)N=[N+]=[N-]. The molecule has 0 aliphatic rings. The fourth-order valence-electron chi connectivity index (χ4n) is 2.52. The van der Waals surface area contributed by atoms with Gasteiger partial charge in [-0.1, -0.05) is 48.6 Å². The quantitative estimate of drug-likeness (QED) is 0.325. The van der Waals surface area contributed by atoms with Crippen molar-refractivity contribution in [2.24, 2.45) is 10.2 Å². The summed E-state index contributed by atoms with van der Waals surface area (Å²) in [7, 11) is -2.08. The molecular formula is C14H18N6O2Si. The highest BCUT2D eigenvalue weighted by Gasteiger charge is 2.34. The summed E-state index contributed by atoms with van der Waals surface area (Å²) in [6, 6.07) is 9.79. The van der Waals surface area contributed by atoms with E-state index in [-0.39, 0.29) is 18.4 Å². The van der Waals surface area contributed by atoms with Crippen molar-refractivity contribution >= 4 is 25.1 Å². The third-order valence-electron chi connectivity index (χ3n) is 3.98. The Bertz CT molecular complexity index is 663. The maximum absolute atomic E-state index is 11.7.